The summed E-state index contributed by atoms with van der Waals surface area (Å²) in [6, 6.07) is 0. The summed E-state index contributed by atoms with van der Waals surface area (Å²) in [6.07, 6.45) is 61.5. The first-order chi connectivity index (χ1) is 21.8. The first-order valence-electron chi connectivity index (χ1n) is 19.8. The van der Waals surface area contributed by atoms with Crippen LogP contribution in [0.25, 0.3) is 0 Å². The van der Waals surface area contributed by atoms with Crippen molar-refractivity contribution < 1.29 is 0 Å². The van der Waals surface area contributed by atoms with Crippen LogP contribution in [-0.4, -0.2) is 13.6 Å². The standard InChI is InChI=1S/C43H79N/c1-4-6-8-10-12-14-16-18-20-22-24-26-28-30-32-35-39-43(41-37-34-38-42-44-3)40-36-33-31-29-27-25-23-21-19-17-15-13-11-9-7-5-2/h12-15,18-21,37,41,43-44H,4-11,16-17,22-36,38-40,42H2,1-3H3/b14-12-,15-13-,20-18-,21-19-,41-37+. The molecule has 1 nitrogen and oxygen atoms in total. The summed E-state index contributed by atoms with van der Waals surface area (Å²) in [5.74, 6) is 0.807. The monoisotopic (exact) mass is 610 g/mol. The summed E-state index contributed by atoms with van der Waals surface area (Å²) in [6.45, 7) is 5.68. The summed E-state index contributed by atoms with van der Waals surface area (Å²) < 4.78 is 0. The molecule has 0 unspecified atom stereocenters. The highest BCUT2D eigenvalue weighted by atomic mass is 14.8. The van der Waals surface area contributed by atoms with Crippen LogP contribution < -0.4 is 5.32 Å². The lowest BCUT2D eigenvalue weighted by atomic mass is 9.93. The second-order valence-electron chi connectivity index (χ2n) is 13.2. The van der Waals surface area contributed by atoms with E-state index in [0.29, 0.717) is 0 Å². The lowest BCUT2D eigenvalue weighted by Crippen LogP contribution is -2.06. The quantitative estimate of drug-likeness (QED) is 0.0556. The molecule has 0 saturated heterocycles. The van der Waals surface area contributed by atoms with E-state index in [0.717, 1.165) is 25.3 Å². The van der Waals surface area contributed by atoms with Crippen LogP contribution in [0.5, 0.6) is 0 Å². The van der Waals surface area contributed by atoms with Gasteiger partial charge in [-0.2, -0.15) is 0 Å². The van der Waals surface area contributed by atoms with E-state index in [1.165, 1.54) is 167 Å². The Labute approximate surface area is 278 Å². The molecule has 0 aliphatic rings. The van der Waals surface area contributed by atoms with Gasteiger partial charge < -0.3 is 5.32 Å². The molecule has 0 bridgehead atoms. The lowest BCUT2D eigenvalue weighted by Gasteiger charge is -2.13. The van der Waals surface area contributed by atoms with Crippen LogP contribution in [-0.2, 0) is 0 Å². The van der Waals surface area contributed by atoms with E-state index in [-0.39, 0.29) is 0 Å². The maximum Gasteiger partial charge on any atom is -0.00490 e. The van der Waals surface area contributed by atoms with Crippen LogP contribution >= 0.6 is 0 Å². The third-order valence-electron chi connectivity index (χ3n) is 8.76. The molecule has 0 amide bonds. The first-order valence-corrected chi connectivity index (χ1v) is 19.8. The molecule has 1 heteroatoms. The van der Waals surface area contributed by atoms with Crippen molar-refractivity contribution in [3.05, 3.63) is 60.8 Å². The van der Waals surface area contributed by atoms with Gasteiger partial charge in [0.05, 0.1) is 0 Å². The molecule has 1 N–H and O–H groups in total. The third-order valence-corrected chi connectivity index (χ3v) is 8.76. The van der Waals surface area contributed by atoms with Crippen molar-refractivity contribution in [2.24, 2.45) is 5.92 Å². The normalized spacial score (nSPS) is 12.6. The van der Waals surface area contributed by atoms with Crippen LogP contribution in [0.1, 0.15) is 194 Å². The molecule has 0 aromatic carbocycles. The van der Waals surface area contributed by atoms with Crippen molar-refractivity contribution in [1.82, 2.24) is 5.32 Å². The number of unbranched alkanes of at least 4 members (excludes halogenated alkanes) is 19. The van der Waals surface area contributed by atoms with Crippen LogP contribution in [0.4, 0.5) is 0 Å². The van der Waals surface area contributed by atoms with Crippen molar-refractivity contribution in [2.45, 2.75) is 194 Å². The Morgan fingerprint density at radius 3 is 1.16 bits per heavy atom. The molecular weight excluding hydrogens is 530 g/mol. The molecule has 0 spiro atoms. The topological polar surface area (TPSA) is 12.0 Å². The number of hydrogen-bond acceptors (Lipinski definition) is 1. The van der Waals surface area contributed by atoms with Crippen molar-refractivity contribution in [3.8, 4) is 0 Å². The van der Waals surface area contributed by atoms with Gasteiger partial charge in [0, 0.05) is 0 Å². The minimum atomic E-state index is 0.807. The van der Waals surface area contributed by atoms with Gasteiger partial charge in [-0.25, -0.2) is 0 Å². The fraction of sp³-hybridized carbons (Fsp3) is 0.767. The maximum atomic E-state index is 3.28. The van der Waals surface area contributed by atoms with E-state index in [4.69, 9.17) is 0 Å². The molecule has 0 aromatic rings. The Bertz CT molecular complexity index is 618. The van der Waals surface area contributed by atoms with Crippen LogP contribution in [0.2, 0.25) is 0 Å². The molecule has 0 fully saturated rings. The number of nitrogens with one attached hydrogen (secondary N) is 1. The van der Waals surface area contributed by atoms with Gasteiger partial charge in [0.15, 0.2) is 0 Å². The maximum absolute atomic E-state index is 3.28. The molecule has 44 heavy (non-hydrogen) atoms. The second-order valence-corrected chi connectivity index (χ2v) is 13.2. The van der Waals surface area contributed by atoms with E-state index in [2.05, 4.69) is 87.0 Å². The smallest absolute Gasteiger partial charge is 0.00490 e. The second kappa shape index (κ2) is 39.7. The third kappa shape index (κ3) is 36.8. The highest BCUT2D eigenvalue weighted by molar-refractivity contribution is 4.93. The first kappa shape index (κ1) is 42.7. The minimum Gasteiger partial charge on any atom is -0.320 e. The molecule has 0 aromatic heterocycles. The predicted octanol–water partition coefficient (Wildman–Crippen LogP) is 14.6. The number of hydrogen-bond donors (Lipinski definition) is 1. The number of allylic oxidation sites excluding steroid dienone is 10. The molecule has 256 valence electrons. The summed E-state index contributed by atoms with van der Waals surface area (Å²) in [5, 5.41) is 3.28. The fourth-order valence-electron chi connectivity index (χ4n) is 5.81. The lowest BCUT2D eigenvalue weighted by molar-refractivity contribution is 0.463. The van der Waals surface area contributed by atoms with E-state index in [1.54, 1.807) is 0 Å². The highest BCUT2D eigenvalue weighted by Crippen LogP contribution is 2.21. The van der Waals surface area contributed by atoms with Gasteiger partial charge >= 0.3 is 0 Å². The number of rotatable bonds is 35. The van der Waals surface area contributed by atoms with Gasteiger partial charge in [0.25, 0.3) is 0 Å². The largest absolute Gasteiger partial charge is 0.320 e. The van der Waals surface area contributed by atoms with Crippen LogP contribution in [0.15, 0.2) is 60.8 Å². The molecule has 0 rings (SSSR count). The average molecular weight is 610 g/mol. The Hall–Kier alpha value is -1.34. The molecule has 0 saturated carbocycles. The van der Waals surface area contributed by atoms with Gasteiger partial charge in [0.2, 0.25) is 0 Å². The molecule has 0 aliphatic heterocycles. The van der Waals surface area contributed by atoms with E-state index >= 15 is 0 Å². The van der Waals surface area contributed by atoms with Crippen molar-refractivity contribution >= 4 is 0 Å². The molecule has 0 aliphatic carbocycles. The Kier molecular flexibility index (Phi) is 38.5. The van der Waals surface area contributed by atoms with E-state index in [9.17, 15) is 0 Å². The zero-order valence-corrected chi connectivity index (χ0v) is 30.4. The van der Waals surface area contributed by atoms with Gasteiger partial charge in [-0.3, -0.25) is 0 Å². The summed E-state index contributed by atoms with van der Waals surface area (Å²) >= 11 is 0. The van der Waals surface area contributed by atoms with Crippen molar-refractivity contribution in [1.29, 1.82) is 0 Å². The van der Waals surface area contributed by atoms with Crippen molar-refractivity contribution in [2.75, 3.05) is 13.6 Å². The van der Waals surface area contributed by atoms with Gasteiger partial charge in [-0.15, -0.1) is 0 Å². The van der Waals surface area contributed by atoms with Gasteiger partial charge in [-0.05, 0) is 109 Å². The van der Waals surface area contributed by atoms with Crippen LogP contribution in [0, 0.1) is 5.92 Å². The average Bonchev–Trinajstić information content (AvgIpc) is 3.03. The molecule has 0 heterocycles. The zero-order valence-electron chi connectivity index (χ0n) is 30.4. The highest BCUT2D eigenvalue weighted by Gasteiger charge is 2.05. The minimum absolute atomic E-state index is 0.807. The molecule has 0 atom stereocenters. The molecule has 0 radical (unpaired) electrons. The SMILES string of the molecule is CCCCC/C=C\C/C=C\CCCCCCCCC(/C=C/CCCNC)CCCCCCCC/C=C\C/C=C\CCCCC. The van der Waals surface area contributed by atoms with Gasteiger partial charge in [0.1, 0.15) is 0 Å². The zero-order chi connectivity index (χ0) is 31.9. The Morgan fingerprint density at radius 2 is 0.750 bits per heavy atom. The van der Waals surface area contributed by atoms with E-state index < -0.39 is 0 Å². The summed E-state index contributed by atoms with van der Waals surface area (Å²) in [7, 11) is 2.06. The Balaban J connectivity index is 3.86. The van der Waals surface area contributed by atoms with Crippen molar-refractivity contribution in [3.63, 3.8) is 0 Å². The Morgan fingerprint density at radius 1 is 0.386 bits per heavy atom. The van der Waals surface area contributed by atoms with E-state index in [1.807, 2.05) is 0 Å². The summed E-state index contributed by atoms with van der Waals surface area (Å²) in [5.41, 5.74) is 0. The predicted molar refractivity (Wildman–Crippen MR) is 204 cm³/mol. The van der Waals surface area contributed by atoms with Gasteiger partial charge in [-0.1, -0.05) is 164 Å². The summed E-state index contributed by atoms with van der Waals surface area (Å²) in [4.78, 5) is 0. The fourth-order valence-corrected chi connectivity index (χ4v) is 5.81. The molecular formula is C43H79N. The van der Waals surface area contributed by atoms with Crippen LogP contribution in [0.3, 0.4) is 0 Å².